The van der Waals surface area contributed by atoms with Gasteiger partial charge >= 0.3 is 0 Å². The zero-order valence-corrected chi connectivity index (χ0v) is 41.2. The highest BCUT2D eigenvalue weighted by molar-refractivity contribution is 6.37. The molecular formula is C74H44O2. The maximum atomic E-state index is 7.27. The van der Waals surface area contributed by atoms with Gasteiger partial charge in [0.25, 0.3) is 0 Å². The second-order valence-electron chi connectivity index (χ2n) is 20.1. The number of para-hydroxylation sites is 2. The molecule has 2 heteroatoms. The highest BCUT2D eigenvalue weighted by atomic mass is 16.3. The minimum Gasteiger partial charge on any atom is -0.455 e. The molecule has 2 aromatic heterocycles. The lowest BCUT2D eigenvalue weighted by Gasteiger charge is -2.20. The third-order valence-corrected chi connectivity index (χ3v) is 16.0. The molecule has 0 N–H and O–H groups in total. The van der Waals surface area contributed by atoms with Gasteiger partial charge in [-0.15, -0.1) is 0 Å². The molecule has 0 atom stereocenters. The molecule has 2 nitrogen and oxygen atoms in total. The molecule has 0 spiro atoms. The first kappa shape index (κ1) is 42.5. The largest absolute Gasteiger partial charge is 0.455 e. The smallest absolute Gasteiger partial charge is 0.143 e. The van der Waals surface area contributed by atoms with Crippen molar-refractivity contribution in [3.05, 3.63) is 267 Å². The van der Waals surface area contributed by atoms with Crippen molar-refractivity contribution in [2.45, 2.75) is 0 Å². The molecule has 16 rings (SSSR count). The zero-order chi connectivity index (χ0) is 49.8. The predicted molar refractivity (Wildman–Crippen MR) is 321 cm³/mol. The second-order valence-corrected chi connectivity index (χ2v) is 20.1. The van der Waals surface area contributed by atoms with Gasteiger partial charge in [-0.2, -0.15) is 0 Å². The number of hydrogen-bond donors (Lipinski definition) is 0. The van der Waals surface area contributed by atoms with Crippen LogP contribution in [0, 0.1) is 0 Å². The van der Waals surface area contributed by atoms with Crippen molar-refractivity contribution in [3.63, 3.8) is 0 Å². The van der Waals surface area contributed by atoms with Crippen molar-refractivity contribution in [1.82, 2.24) is 0 Å². The fourth-order valence-electron chi connectivity index (χ4n) is 12.9. The van der Waals surface area contributed by atoms with E-state index in [1.165, 1.54) is 76.8 Å². The first-order valence-electron chi connectivity index (χ1n) is 26.2. The summed E-state index contributed by atoms with van der Waals surface area (Å²) >= 11 is 0. The molecule has 0 saturated carbocycles. The Balaban J connectivity index is 1.04. The van der Waals surface area contributed by atoms with Gasteiger partial charge in [-0.1, -0.05) is 237 Å². The Kier molecular flexibility index (Phi) is 9.37. The third-order valence-electron chi connectivity index (χ3n) is 16.0. The Morgan fingerprint density at radius 1 is 0.197 bits per heavy atom. The monoisotopic (exact) mass is 964 g/mol. The van der Waals surface area contributed by atoms with Crippen LogP contribution in [0.15, 0.2) is 276 Å². The zero-order valence-electron chi connectivity index (χ0n) is 41.2. The van der Waals surface area contributed by atoms with Crippen LogP contribution in [0.4, 0.5) is 0 Å². The van der Waals surface area contributed by atoms with Crippen molar-refractivity contribution >= 4 is 97.7 Å². The first-order chi connectivity index (χ1) is 37.7. The molecule has 0 fully saturated rings. The quantitative estimate of drug-likeness (QED) is 0.155. The number of rotatable bonds is 6. The fraction of sp³-hybridized carbons (Fsp3) is 0. The summed E-state index contributed by atoms with van der Waals surface area (Å²) in [6, 6.07) is 97.1. The summed E-state index contributed by atoms with van der Waals surface area (Å²) in [5, 5.41) is 16.0. The standard InChI is InChI=1S/C74H44O2/c1-4-22-45(23-5-1)50-41-40-48(42-61(50)46-24-6-2-7-25-46)67-53-30-12-16-34-57(53)70(58-35-17-13-31-54(58)67)63-44-49-43-62(69-55-32-14-10-28-51(55)66(47-26-8-3-9-27-47)52-29-11-15-33-56(52)69)73-71(59-36-18-20-38-64(59)75-73)68(49)72-60-37-19-21-39-65(60)76-74(63)72/h1-44H. The second kappa shape index (κ2) is 16.8. The van der Waals surface area contributed by atoms with Gasteiger partial charge < -0.3 is 8.83 Å². The molecule has 0 bridgehead atoms. The van der Waals surface area contributed by atoms with E-state index in [2.05, 4.69) is 267 Å². The van der Waals surface area contributed by atoms with Gasteiger partial charge in [-0.05, 0) is 123 Å². The Bertz CT molecular complexity index is 4910. The van der Waals surface area contributed by atoms with Crippen LogP contribution in [-0.4, -0.2) is 0 Å². The average Bonchev–Trinajstić information content (AvgIpc) is 4.23. The summed E-state index contributed by atoms with van der Waals surface area (Å²) in [6.07, 6.45) is 0. The Morgan fingerprint density at radius 2 is 0.526 bits per heavy atom. The minimum absolute atomic E-state index is 0.849. The van der Waals surface area contributed by atoms with Crippen LogP contribution in [0.3, 0.4) is 0 Å². The van der Waals surface area contributed by atoms with E-state index in [1.807, 2.05) is 0 Å². The molecule has 0 unspecified atom stereocenters. The van der Waals surface area contributed by atoms with Crippen LogP contribution in [0.5, 0.6) is 0 Å². The number of benzene rings is 14. The van der Waals surface area contributed by atoms with E-state index in [9.17, 15) is 0 Å². The summed E-state index contributed by atoms with van der Waals surface area (Å²) in [6.45, 7) is 0. The molecule has 0 aliphatic rings. The van der Waals surface area contributed by atoms with Crippen molar-refractivity contribution < 1.29 is 8.83 Å². The van der Waals surface area contributed by atoms with Gasteiger partial charge in [0.1, 0.15) is 22.3 Å². The SMILES string of the molecule is c1ccc(-c2ccc(-c3c4ccccc4c(-c4cc5cc(-c6c7ccccc7c(-c7ccccc7)c7ccccc67)c6oc7ccccc7c6c5c5c4oc4ccccc45)c4ccccc34)cc2-c2ccccc2)cc1. The van der Waals surface area contributed by atoms with Crippen molar-refractivity contribution in [1.29, 1.82) is 0 Å². The van der Waals surface area contributed by atoms with Crippen molar-refractivity contribution in [2.75, 3.05) is 0 Å². The summed E-state index contributed by atoms with van der Waals surface area (Å²) in [5.74, 6) is 0. The van der Waals surface area contributed by atoms with Gasteiger partial charge in [0, 0.05) is 49.2 Å². The van der Waals surface area contributed by atoms with Gasteiger partial charge in [0.2, 0.25) is 0 Å². The van der Waals surface area contributed by atoms with Crippen LogP contribution in [0.25, 0.3) is 165 Å². The Hall–Kier alpha value is -10.0. The van der Waals surface area contributed by atoms with Gasteiger partial charge in [-0.25, -0.2) is 0 Å². The molecule has 16 aromatic rings. The fourth-order valence-corrected chi connectivity index (χ4v) is 12.9. The molecule has 0 aliphatic carbocycles. The van der Waals surface area contributed by atoms with E-state index >= 15 is 0 Å². The third kappa shape index (κ3) is 6.28. The van der Waals surface area contributed by atoms with Crippen LogP contribution in [0.1, 0.15) is 0 Å². The maximum Gasteiger partial charge on any atom is 0.143 e. The van der Waals surface area contributed by atoms with Crippen molar-refractivity contribution in [3.8, 4) is 66.8 Å². The molecule has 14 aromatic carbocycles. The summed E-state index contributed by atoms with van der Waals surface area (Å²) in [4.78, 5) is 0. The van der Waals surface area contributed by atoms with E-state index in [-0.39, 0.29) is 0 Å². The van der Waals surface area contributed by atoms with Gasteiger partial charge in [0.05, 0.1) is 0 Å². The van der Waals surface area contributed by atoms with E-state index in [0.717, 1.165) is 87.7 Å². The van der Waals surface area contributed by atoms with Crippen molar-refractivity contribution in [2.24, 2.45) is 0 Å². The van der Waals surface area contributed by atoms with Gasteiger partial charge in [0.15, 0.2) is 0 Å². The summed E-state index contributed by atoms with van der Waals surface area (Å²) in [5.41, 5.74) is 17.4. The lowest BCUT2D eigenvalue weighted by Crippen LogP contribution is -1.94. The van der Waals surface area contributed by atoms with Crippen LogP contribution >= 0.6 is 0 Å². The molecule has 0 amide bonds. The van der Waals surface area contributed by atoms with E-state index in [0.29, 0.717) is 0 Å². The average molecular weight is 965 g/mol. The number of furan rings is 2. The van der Waals surface area contributed by atoms with Crippen LogP contribution in [-0.2, 0) is 0 Å². The Labute approximate surface area is 437 Å². The number of fused-ring (bicyclic) bond motifs is 13. The summed E-state index contributed by atoms with van der Waals surface area (Å²) in [7, 11) is 0. The highest BCUT2D eigenvalue weighted by Crippen LogP contribution is 2.54. The van der Waals surface area contributed by atoms with E-state index < -0.39 is 0 Å². The first-order valence-corrected chi connectivity index (χ1v) is 26.2. The van der Waals surface area contributed by atoms with E-state index in [4.69, 9.17) is 8.83 Å². The molecule has 76 heavy (non-hydrogen) atoms. The predicted octanol–water partition coefficient (Wildman–Crippen LogP) is 21.3. The Morgan fingerprint density at radius 3 is 0.947 bits per heavy atom. The van der Waals surface area contributed by atoms with Crippen LogP contribution in [0.2, 0.25) is 0 Å². The molecule has 0 saturated heterocycles. The highest BCUT2D eigenvalue weighted by Gasteiger charge is 2.28. The summed E-state index contributed by atoms with van der Waals surface area (Å²) < 4.78 is 14.5. The molecule has 0 aliphatic heterocycles. The lowest BCUT2D eigenvalue weighted by molar-refractivity contribution is 0.670. The normalized spacial score (nSPS) is 11.9. The molecular weight excluding hydrogens is 921 g/mol. The molecule has 352 valence electrons. The topological polar surface area (TPSA) is 26.3 Å². The van der Waals surface area contributed by atoms with Crippen LogP contribution < -0.4 is 0 Å². The van der Waals surface area contributed by atoms with Gasteiger partial charge in [-0.3, -0.25) is 0 Å². The lowest BCUT2D eigenvalue weighted by atomic mass is 9.82. The number of hydrogen-bond acceptors (Lipinski definition) is 2. The minimum atomic E-state index is 0.849. The molecule has 0 radical (unpaired) electrons. The molecule has 2 heterocycles. The maximum absolute atomic E-state index is 7.27. The van der Waals surface area contributed by atoms with E-state index in [1.54, 1.807) is 0 Å².